The van der Waals surface area contributed by atoms with Gasteiger partial charge in [-0.1, -0.05) is 51.5 Å². The third-order valence-electron chi connectivity index (χ3n) is 9.42. The standard InChI is InChI=1S/C30H40O5Si/c1-7-33-27(31)30-23-15-11-10-14-21(23)25(35-36(5,6)29(2,3)4)18-24(30)22-17-16-19-12-8-9-13-20(19)26(22)34-28(30)32/h8-9,12-13,23-24H,7,10-11,14-18H2,1-6H3. The Morgan fingerprint density at radius 1 is 1.08 bits per heavy atom. The first kappa shape index (κ1) is 25.3. The Morgan fingerprint density at radius 2 is 1.83 bits per heavy atom. The topological polar surface area (TPSA) is 61.8 Å². The lowest BCUT2D eigenvalue weighted by molar-refractivity contribution is -0.180. The molecule has 1 aromatic rings. The summed E-state index contributed by atoms with van der Waals surface area (Å²) in [5, 5.41) is 0.0557. The molecule has 5 rings (SSSR count). The lowest BCUT2D eigenvalue weighted by atomic mass is 9.53. The smallest absolute Gasteiger partial charge is 0.330 e. The number of fused-ring (bicyclic) bond motifs is 6. The maximum atomic E-state index is 14.1. The van der Waals surface area contributed by atoms with E-state index < -0.39 is 25.7 Å². The molecular weight excluding hydrogens is 468 g/mol. The fraction of sp³-hybridized carbons (Fsp3) is 0.600. The Kier molecular flexibility index (Phi) is 6.25. The molecule has 0 spiro atoms. The normalized spacial score (nSPS) is 27.9. The van der Waals surface area contributed by atoms with Crippen molar-refractivity contribution in [1.82, 2.24) is 0 Å². The van der Waals surface area contributed by atoms with Crippen LogP contribution in [-0.2, 0) is 29.9 Å². The van der Waals surface area contributed by atoms with Gasteiger partial charge in [-0.2, -0.15) is 0 Å². The van der Waals surface area contributed by atoms with Gasteiger partial charge in [-0.3, -0.25) is 9.59 Å². The van der Waals surface area contributed by atoms with Crippen molar-refractivity contribution in [2.45, 2.75) is 90.8 Å². The molecule has 194 valence electrons. The third-order valence-corrected chi connectivity index (χ3v) is 13.8. The number of allylic oxidation sites excluding steroid dienone is 3. The molecule has 3 atom stereocenters. The Balaban J connectivity index is 1.71. The number of aryl methyl sites for hydroxylation is 1. The molecule has 3 unspecified atom stereocenters. The van der Waals surface area contributed by atoms with E-state index in [9.17, 15) is 9.59 Å². The van der Waals surface area contributed by atoms with Crippen molar-refractivity contribution in [1.29, 1.82) is 0 Å². The molecule has 0 amide bonds. The summed E-state index contributed by atoms with van der Waals surface area (Å²) in [6.45, 7) is 13.4. The maximum absolute atomic E-state index is 14.1. The molecule has 1 heterocycles. The van der Waals surface area contributed by atoms with Crippen LogP contribution < -0.4 is 0 Å². The van der Waals surface area contributed by atoms with E-state index in [1.165, 1.54) is 5.56 Å². The Labute approximate surface area is 216 Å². The van der Waals surface area contributed by atoms with Gasteiger partial charge in [-0.15, -0.1) is 0 Å². The minimum Gasteiger partial charge on any atom is -0.547 e. The van der Waals surface area contributed by atoms with Crippen LogP contribution in [0.3, 0.4) is 0 Å². The van der Waals surface area contributed by atoms with Crippen LogP contribution in [-0.4, -0.2) is 26.9 Å². The first-order valence-electron chi connectivity index (χ1n) is 13.6. The molecule has 0 radical (unpaired) electrons. The van der Waals surface area contributed by atoms with Crippen molar-refractivity contribution in [3.05, 3.63) is 52.3 Å². The van der Waals surface area contributed by atoms with Crippen molar-refractivity contribution in [3.8, 4) is 0 Å². The van der Waals surface area contributed by atoms with E-state index in [1.54, 1.807) is 0 Å². The number of hydrogen-bond donors (Lipinski definition) is 0. The van der Waals surface area contributed by atoms with Crippen LogP contribution in [0.2, 0.25) is 18.1 Å². The average Bonchev–Trinajstić information content (AvgIpc) is 2.83. The summed E-state index contributed by atoms with van der Waals surface area (Å²) in [5.41, 5.74) is 3.09. The molecule has 0 N–H and O–H groups in total. The highest BCUT2D eigenvalue weighted by Gasteiger charge is 2.67. The van der Waals surface area contributed by atoms with Gasteiger partial charge in [0.15, 0.2) is 5.41 Å². The molecular formula is C30H40O5Si. The summed E-state index contributed by atoms with van der Waals surface area (Å²) in [4.78, 5) is 28.0. The van der Waals surface area contributed by atoms with E-state index in [2.05, 4.69) is 39.9 Å². The average molecular weight is 509 g/mol. The zero-order chi connectivity index (χ0) is 25.9. The zero-order valence-electron chi connectivity index (χ0n) is 22.7. The molecule has 5 nitrogen and oxygen atoms in total. The molecule has 3 aliphatic carbocycles. The first-order chi connectivity index (χ1) is 17.0. The minimum atomic E-state index is -2.12. The predicted octanol–water partition coefficient (Wildman–Crippen LogP) is 6.94. The number of ether oxygens (including phenoxy) is 2. The van der Waals surface area contributed by atoms with Crippen LogP contribution in [0.25, 0.3) is 5.76 Å². The Bertz CT molecular complexity index is 1150. The summed E-state index contributed by atoms with van der Waals surface area (Å²) < 4.78 is 18.9. The monoisotopic (exact) mass is 508 g/mol. The second kappa shape index (κ2) is 8.90. The molecule has 1 aromatic carbocycles. The Hall–Kier alpha value is -2.34. The van der Waals surface area contributed by atoms with Crippen molar-refractivity contribution in [2.75, 3.05) is 6.61 Å². The summed E-state index contributed by atoms with van der Waals surface area (Å²) in [7, 11) is -2.12. The van der Waals surface area contributed by atoms with Crippen molar-refractivity contribution >= 4 is 26.0 Å². The number of benzene rings is 1. The van der Waals surface area contributed by atoms with Gasteiger partial charge in [0.25, 0.3) is 0 Å². The number of carbonyl (C=O) groups excluding carboxylic acids is 2. The highest BCUT2D eigenvalue weighted by Crippen LogP contribution is 2.61. The van der Waals surface area contributed by atoms with Crippen LogP contribution in [0.1, 0.15) is 77.3 Å². The second-order valence-corrected chi connectivity index (χ2v) is 17.1. The number of hydrogen-bond acceptors (Lipinski definition) is 5. The fourth-order valence-corrected chi connectivity index (χ4v) is 7.72. The van der Waals surface area contributed by atoms with Gasteiger partial charge in [-0.05, 0) is 73.9 Å². The van der Waals surface area contributed by atoms with Crippen LogP contribution in [0, 0.1) is 17.3 Å². The van der Waals surface area contributed by atoms with Gasteiger partial charge in [0.1, 0.15) is 5.76 Å². The molecule has 1 fully saturated rings. The van der Waals surface area contributed by atoms with Gasteiger partial charge in [-0.25, -0.2) is 0 Å². The molecule has 4 aliphatic rings. The molecule has 1 saturated carbocycles. The van der Waals surface area contributed by atoms with Crippen LogP contribution >= 0.6 is 0 Å². The van der Waals surface area contributed by atoms with Gasteiger partial charge >= 0.3 is 11.9 Å². The molecule has 0 aromatic heterocycles. The number of carbonyl (C=O) groups is 2. The zero-order valence-corrected chi connectivity index (χ0v) is 23.7. The maximum Gasteiger partial charge on any atom is 0.330 e. The summed E-state index contributed by atoms with van der Waals surface area (Å²) in [6.07, 6.45) is 5.90. The van der Waals surface area contributed by atoms with E-state index in [4.69, 9.17) is 13.9 Å². The summed E-state index contributed by atoms with van der Waals surface area (Å²) in [6, 6.07) is 8.15. The molecule has 6 heteroatoms. The molecule has 36 heavy (non-hydrogen) atoms. The lowest BCUT2D eigenvalue weighted by Crippen LogP contribution is -2.59. The fourth-order valence-electron chi connectivity index (χ4n) is 6.58. The largest absolute Gasteiger partial charge is 0.547 e. The van der Waals surface area contributed by atoms with E-state index in [1.807, 2.05) is 25.1 Å². The second-order valence-electron chi connectivity index (χ2n) is 12.4. The highest BCUT2D eigenvalue weighted by molar-refractivity contribution is 6.74. The predicted molar refractivity (Wildman–Crippen MR) is 142 cm³/mol. The highest BCUT2D eigenvalue weighted by atomic mass is 28.4. The summed E-state index contributed by atoms with van der Waals surface area (Å²) >= 11 is 0. The SMILES string of the molecule is CCOC(=O)C12C(=O)OC3=C(CCc4ccccc43)C1CC(O[Si](C)(C)C(C)(C)C)=C1CCCCC12. The van der Waals surface area contributed by atoms with E-state index >= 15 is 0 Å². The third kappa shape index (κ3) is 3.70. The van der Waals surface area contributed by atoms with Crippen molar-refractivity contribution < 1.29 is 23.5 Å². The molecule has 0 bridgehead atoms. The quantitative estimate of drug-likeness (QED) is 0.250. The number of rotatable bonds is 4. The van der Waals surface area contributed by atoms with E-state index in [-0.39, 0.29) is 23.5 Å². The van der Waals surface area contributed by atoms with Crippen LogP contribution in [0.5, 0.6) is 0 Å². The van der Waals surface area contributed by atoms with Crippen molar-refractivity contribution in [3.63, 3.8) is 0 Å². The number of esters is 2. The van der Waals surface area contributed by atoms with E-state index in [0.717, 1.165) is 61.0 Å². The molecule has 0 saturated heterocycles. The minimum absolute atomic E-state index is 0.0557. The van der Waals surface area contributed by atoms with Gasteiger partial charge in [0, 0.05) is 23.8 Å². The molecule has 1 aliphatic heterocycles. The van der Waals surface area contributed by atoms with Crippen LogP contribution in [0.15, 0.2) is 41.2 Å². The van der Waals surface area contributed by atoms with Crippen molar-refractivity contribution in [2.24, 2.45) is 17.3 Å². The Morgan fingerprint density at radius 3 is 2.56 bits per heavy atom. The summed E-state index contributed by atoms with van der Waals surface area (Å²) in [5.74, 6) is 0.322. The van der Waals surface area contributed by atoms with Gasteiger partial charge < -0.3 is 13.9 Å². The lowest BCUT2D eigenvalue weighted by Gasteiger charge is -2.53. The van der Waals surface area contributed by atoms with E-state index in [0.29, 0.717) is 12.2 Å². The van der Waals surface area contributed by atoms with Gasteiger partial charge in [0.05, 0.1) is 12.4 Å². The first-order valence-corrected chi connectivity index (χ1v) is 16.5. The van der Waals surface area contributed by atoms with Gasteiger partial charge in [0.2, 0.25) is 8.32 Å². The van der Waals surface area contributed by atoms with Crippen LogP contribution in [0.4, 0.5) is 0 Å².